The second kappa shape index (κ2) is 7.77. The Hall–Kier alpha value is -0.480. The largest absolute Gasteiger partial charge is 0.335 e. The minimum absolute atomic E-state index is 0.514. The molecule has 0 radical (unpaired) electrons. The first-order valence-corrected chi connectivity index (χ1v) is 7.51. The predicted molar refractivity (Wildman–Crippen MR) is 76.7 cm³/mol. The van der Waals surface area contributed by atoms with Gasteiger partial charge >= 0.3 is 0 Å². The Morgan fingerprint density at radius 2 is 2.24 bits per heavy atom. The van der Waals surface area contributed by atoms with Crippen molar-refractivity contribution in [2.45, 2.75) is 51.4 Å². The van der Waals surface area contributed by atoms with Gasteiger partial charge in [-0.3, -0.25) is 0 Å². The van der Waals surface area contributed by atoms with Crippen molar-refractivity contribution < 1.29 is 0 Å². The number of hydrogen-bond donors (Lipinski definition) is 1. The fraction of sp³-hybridized carbons (Fsp3) is 0.769. The van der Waals surface area contributed by atoms with E-state index in [1.165, 1.54) is 5.82 Å². The van der Waals surface area contributed by atoms with Crippen molar-refractivity contribution in [3.05, 3.63) is 18.2 Å². The van der Waals surface area contributed by atoms with Crippen molar-refractivity contribution in [2.75, 3.05) is 12.8 Å². The predicted octanol–water partition coefficient (Wildman–Crippen LogP) is 2.57. The van der Waals surface area contributed by atoms with E-state index >= 15 is 0 Å². The van der Waals surface area contributed by atoms with E-state index in [4.69, 9.17) is 0 Å². The molecule has 1 aromatic heterocycles. The number of hydrogen-bond acceptors (Lipinski definition) is 3. The molecule has 1 rings (SSSR count). The van der Waals surface area contributed by atoms with Crippen LogP contribution in [0.1, 0.15) is 33.0 Å². The second-order valence-electron chi connectivity index (χ2n) is 4.61. The van der Waals surface area contributed by atoms with Crippen molar-refractivity contribution in [1.82, 2.24) is 14.9 Å². The molecule has 1 atom stereocenters. The van der Waals surface area contributed by atoms with Crippen molar-refractivity contribution in [3.8, 4) is 0 Å². The van der Waals surface area contributed by atoms with Gasteiger partial charge < -0.3 is 9.88 Å². The van der Waals surface area contributed by atoms with Gasteiger partial charge in [0.2, 0.25) is 0 Å². The molecule has 98 valence electrons. The molecule has 0 bridgehead atoms. The summed E-state index contributed by atoms with van der Waals surface area (Å²) in [4.78, 5) is 4.46. The van der Waals surface area contributed by atoms with Gasteiger partial charge in [-0.15, -0.1) is 0 Å². The molecule has 1 heterocycles. The highest BCUT2D eigenvalue weighted by Crippen LogP contribution is 2.13. The van der Waals surface area contributed by atoms with Crippen LogP contribution in [0.4, 0.5) is 0 Å². The molecule has 1 unspecified atom stereocenters. The molecule has 1 aromatic rings. The number of thioether (sulfide) groups is 1. The molecule has 0 aliphatic rings. The van der Waals surface area contributed by atoms with E-state index in [9.17, 15) is 0 Å². The van der Waals surface area contributed by atoms with E-state index < -0.39 is 0 Å². The van der Waals surface area contributed by atoms with Gasteiger partial charge in [-0.25, -0.2) is 4.98 Å². The maximum Gasteiger partial charge on any atom is 0.110 e. The summed E-state index contributed by atoms with van der Waals surface area (Å²) < 4.78 is 2.27. The molecular formula is C13H25N3S. The average molecular weight is 255 g/mol. The standard InChI is InChI=1S/C13H25N3S/c1-5-7-16-8-6-15-13(16)9-12(14-4)10-17-11(2)3/h6,8,11-12,14H,5,7,9-10H2,1-4H3. The number of aryl methyl sites for hydroxylation is 1. The van der Waals surface area contributed by atoms with Crippen LogP contribution in [0.15, 0.2) is 12.4 Å². The van der Waals surface area contributed by atoms with Crippen LogP contribution in [0.2, 0.25) is 0 Å². The molecule has 3 nitrogen and oxygen atoms in total. The van der Waals surface area contributed by atoms with E-state index in [1.807, 2.05) is 25.0 Å². The lowest BCUT2D eigenvalue weighted by molar-refractivity contribution is 0.560. The van der Waals surface area contributed by atoms with Gasteiger partial charge in [0.25, 0.3) is 0 Å². The molecule has 0 amide bonds. The van der Waals surface area contributed by atoms with E-state index in [-0.39, 0.29) is 0 Å². The molecule has 0 aliphatic heterocycles. The van der Waals surface area contributed by atoms with Crippen molar-refractivity contribution in [1.29, 1.82) is 0 Å². The highest BCUT2D eigenvalue weighted by Gasteiger charge is 2.12. The third-order valence-electron chi connectivity index (χ3n) is 2.73. The number of rotatable bonds is 8. The number of nitrogens with zero attached hydrogens (tertiary/aromatic N) is 2. The van der Waals surface area contributed by atoms with Crippen molar-refractivity contribution in [2.24, 2.45) is 0 Å². The van der Waals surface area contributed by atoms with E-state index in [0.29, 0.717) is 11.3 Å². The smallest absolute Gasteiger partial charge is 0.110 e. The third kappa shape index (κ3) is 5.13. The van der Waals surface area contributed by atoms with E-state index in [1.54, 1.807) is 0 Å². The molecule has 0 saturated heterocycles. The second-order valence-corrected chi connectivity index (χ2v) is 6.22. The Balaban J connectivity index is 2.51. The minimum atomic E-state index is 0.514. The minimum Gasteiger partial charge on any atom is -0.335 e. The summed E-state index contributed by atoms with van der Waals surface area (Å²) >= 11 is 2.01. The zero-order valence-corrected chi connectivity index (χ0v) is 12.3. The van der Waals surface area contributed by atoms with Gasteiger partial charge in [0, 0.05) is 37.2 Å². The lowest BCUT2D eigenvalue weighted by Gasteiger charge is -2.17. The molecule has 17 heavy (non-hydrogen) atoms. The Bertz CT molecular complexity index is 309. The van der Waals surface area contributed by atoms with E-state index in [2.05, 4.69) is 41.8 Å². The number of likely N-dealkylation sites (N-methyl/N-ethyl adjacent to an activating group) is 1. The van der Waals surface area contributed by atoms with Crippen LogP contribution in [0.5, 0.6) is 0 Å². The van der Waals surface area contributed by atoms with Gasteiger partial charge in [-0.05, 0) is 18.7 Å². The topological polar surface area (TPSA) is 29.9 Å². The van der Waals surface area contributed by atoms with E-state index in [0.717, 1.165) is 25.1 Å². The Kier molecular flexibility index (Phi) is 6.66. The summed E-state index contributed by atoms with van der Waals surface area (Å²) in [6.07, 6.45) is 6.17. The normalized spacial score (nSPS) is 13.2. The summed E-state index contributed by atoms with van der Waals surface area (Å²) in [5.74, 6) is 2.35. The average Bonchev–Trinajstić information content (AvgIpc) is 2.72. The summed E-state index contributed by atoms with van der Waals surface area (Å²) in [6, 6.07) is 0.514. The quantitative estimate of drug-likeness (QED) is 0.774. The fourth-order valence-corrected chi connectivity index (χ4v) is 2.65. The van der Waals surface area contributed by atoms with Gasteiger partial charge in [-0.1, -0.05) is 20.8 Å². The van der Waals surface area contributed by atoms with Gasteiger partial charge in [0.05, 0.1) is 0 Å². The molecule has 0 fully saturated rings. The van der Waals surface area contributed by atoms with Crippen LogP contribution in [0.3, 0.4) is 0 Å². The molecule has 0 spiro atoms. The van der Waals surface area contributed by atoms with Crippen LogP contribution in [-0.4, -0.2) is 33.6 Å². The third-order valence-corrected chi connectivity index (χ3v) is 4.00. The summed E-state index contributed by atoms with van der Waals surface area (Å²) in [7, 11) is 2.04. The number of nitrogens with one attached hydrogen (secondary N) is 1. The fourth-order valence-electron chi connectivity index (χ4n) is 1.75. The van der Waals surface area contributed by atoms with Crippen LogP contribution < -0.4 is 5.32 Å². The first kappa shape index (κ1) is 14.6. The molecular weight excluding hydrogens is 230 g/mol. The monoisotopic (exact) mass is 255 g/mol. The molecule has 0 aromatic carbocycles. The van der Waals surface area contributed by atoms with Gasteiger partial charge in [-0.2, -0.15) is 11.8 Å². The van der Waals surface area contributed by atoms with Gasteiger partial charge in [0.15, 0.2) is 0 Å². The molecule has 0 aliphatic carbocycles. The first-order chi connectivity index (χ1) is 8.17. The first-order valence-electron chi connectivity index (χ1n) is 6.46. The van der Waals surface area contributed by atoms with Crippen molar-refractivity contribution >= 4 is 11.8 Å². The summed E-state index contributed by atoms with van der Waals surface area (Å²) in [5, 5.41) is 4.09. The maximum atomic E-state index is 4.46. The highest BCUT2D eigenvalue weighted by atomic mass is 32.2. The van der Waals surface area contributed by atoms with Crippen molar-refractivity contribution in [3.63, 3.8) is 0 Å². The Morgan fingerprint density at radius 1 is 1.47 bits per heavy atom. The van der Waals surface area contributed by atoms with Crippen LogP contribution >= 0.6 is 11.8 Å². The molecule has 1 N–H and O–H groups in total. The zero-order chi connectivity index (χ0) is 12.7. The van der Waals surface area contributed by atoms with Gasteiger partial charge in [0.1, 0.15) is 5.82 Å². The maximum absolute atomic E-state index is 4.46. The molecule has 4 heteroatoms. The lowest BCUT2D eigenvalue weighted by Crippen LogP contribution is -2.31. The van der Waals surface area contributed by atoms with Crippen LogP contribution in [-0.2, 0) is 13.0 Å². The number of imidazole rings is 1. The number of aromatic nitrogens is 2. The zero-order valence-electron chi connectivity index (χ0n) is 11.4. The van der Waals surface area contributed by atoms with Crippen LogP contribution in [0, 0.1) is 0 Å². The SMILES string of the molecule is CCCn1ccnc1CC(CSC(C)C)NC. The highest BCUT2D eigenvalue weighted by molar-refractivity contribution is 7.99. The molecule has 0 saturated carbocycles. The Morgan fingerprint density at radius 3 is 2.82 bits per heavy atom. The summed E-state index contributed by atoms with van der Waals surface area (Å²) in [6.45, 7) is 7.77. The van der Waals surface area contributed by atoms with Crippen LogP contribution in [0.25, 0.3) is 0 Å². The Labute approximate surface area is 109 Å². The lowest BCUT2D eigenvalue weighted by atomic mass is 10.2. The summed E-state index contributed by atoms with van der Waals surface area (Å²) in [5.41, 5.74) is 0.